The lowest BCUT2D eigenvalue weighted by atomic mass is 9.81. The van der Waals surface area contributed by atoms with Gasteiger partial charge in [0.05, 0.1) is 18.7 Å². The van der Waals surface area contributed by atoms with E-state index >= 15 is 0 Å². The summed E-state index contributed by atoms with van der Waals surface area (Å²) in [7, 11) is 1.99. The van der Waals surface area contributed by atoms with Crippen LogP contribution in [0.3, 0.4) is 0 Å². The Morgan fingerprint density at radius 1 is 1.12 bits per heavy atom. The van der Waals surface area contributed by atoms with Crippen LogP contribution in [0, 0.1) is 0 Å². The van der Waals surface area contributed by atoms with Crippen LogP contribution in [0.1, 0.15) is 36.5 Å². The van der Waals surface area contributed by atoms with Crippen molar-refractivity contribution in [2.75, 3.05) is 20.1 Å². The molecule has 4 rings (SSSR count). The number of benzene rings is 1. The second kappa shape index (κ2) is 6.10. The molecule has 0 radical (unpaired) electrons. The minimum absolute atomic E-state index is 0.0211. The van der Waals surface area contributed by atoms with Gasteiger partial charge >= 0.3 is 0 Å². The van der Waals surface area contributed by atoms with Gasteiger partial charge in [0.2, 0.25) is 5.91 Å². The third-order valence-corrected chi connectivity index (χ3v) is 5.87. The Morgan fingerprint density at radius 2 is 1.88 bits per heavy atom. The summed E-state index contributed by atoms with van der Waals surface area (Å²) in [5.41, 5.74) is 1.18. The Balaban J connectivity index is 1.45. The Kier molecular flexibility index (Phi) is 3.93. The van der Waals surface area contributed by atoms with Crippen molar-refractivity contribution in [1.82, 2.24) is 9.80 Å². The smallest absolute Gasteiger partial charge is 0.230 e. The molecule has 1 aromatic heterocycles. The van der Waals surface area contributed by atoms with Gasteiger partial charge in [0.15, 0.2) is 0 Å². The van der Waals surface area contributed by atoms with Crippen LogP contribution in [0.25, 0.3) is 0 Å². The Bertz CT molecular complexity index is 688. The molecule has 1 atom stereocenters. The van der Waals surface area contributed by atoms with Gasteiger partial charge < -0.3 is 9.32 Å². The number of furan rings is 1. The molecule has 0 saturated carbocycles. The van der Waals surface area contributed by atoms with E-state index in [1.54, 1.807) is 6.26 Å². The fourth-order valence-electron chi connectivity index (χ4n) is 4.31. The second-order valence-corrected chi connectivity index (χ2v) is 7.14. The Labute approximate surface area is 143 Å². The molecule has 4 heteroatoms. The number of likely N-dealkylation sites (N-methyl/N-ethyl adjacent to an activating group) is 1. The topological polar surface area (TPSA) is 36.7 Å². The zero-order valence-corrected chi connectivity index (χ0v) is 14.1. The number of hydrogen-bond acceptors (Lipinski definition) is 3. The van der Waals surface area contributed by atoms with E-state index in [0.29, 0.717) is 0 Å². The number of hydrogen-bond donors (Lipinski definition) is 0. The molecule has 4 nitrogen and oxygen atoms in total. The van der Waals surface area contributed by atoms with Crippen LogP contribution >= 0.6 is 0 Å². The highest BCUT2D eigenvalue weighted by atomic mass is 16.3. The van der Waals surface area contributed by atoms with Crippen LogP contribution < -0.4 is 0 Å². The summed E-state index contributed by atoms with van der Waals surface area (Å²) in [5, 5.41) is 0. The lowest BCUT2D eigenvalue weighted by Crippen LogP contribution is -2.51. The van der Waals surface area contributed by atoms with Crippen molar-refractivity contribution >= 4 is 5.91 Å². The quantitative estimate of drug-likeness (QED) is 0.869. The van der Waals surface area contributed by atoms with Gasteiger partial charge in [-0.25, -0.2) is 0 Å². The van der Waals surface area contributed by atoms with Crippen LogP contribution in [0.5, 0.6) is 0 Å². The predicted molar refractivity (Wildman–Crippen MR) is 92.5 cm³/mol. The van der Waals surface area contributed by atoms with Crippen LogP contribution in [0.15, 0.2) is 53.1 Å². The van der Waals surface area contributed by atoms with Crippen LogP contribution in [0.4, 0.5) is 0 Å². The van der Waals surface area contributed by atoms with Gasteiger partial charge in [-0.05, 0) is 37.0 Å². The number of nitrogens with zero attached hydrogens (tertiary/aromatic N) is 2. The molecule has 2 aromatic rings. The third kappa shape index (κ3) is 2.65. The van der Waals surface area contributed by atoms with E-state index in [2.05, 4.69) is 17.0 Å². The lowest BCUT2D eigenvalue weighted by Gasteiger charge is -2.43. The molecule has 0 unspecified atom stereocenters. The normalized spacial score (nSPS) is 24.0. The molecule has 1 spiro atoms. The fourth-order valence-corrected chi connectivity index (χ4v) is 4.31. The standard InChI is InChI=1S/C20H24N2O2/c1-21-19(23)18(16-6-3-2-4-7-16)14-20(21)9-11-22(12-10-20)15-17-8-5-13-24-17/h2-8,13,18H,9-12,14-15H2,1H3/t18-/m0/s1. The highest BCUT2D eigenvalue weighted by molar-refractivity contribution is 5.87. The zero-order valence-electron chi connectivity index (χ0n) is 14.1. The molecule has 1 amide bonds. The molecule has 2 aliphatic heterocycles. The molecule has 126 valence electrons. The second-order valence-electron chi connectivity index (χ2n) is 7.14. The summed E-state index contributed by atoms with van der Waals surface area (Å²) >= 11 is 0. The van der Waals surface area contributed by atoms with Gasteiger partial charge in [-0.2, -0.15) is 0 Å². The van der Waals surface area contributed by atoms with Crippen molar-refractivity contribution in [2.45, 2.75) is 37.3 Å². The van der Waals surface area contributed by atoms with Crippen LogP contribution in [0.2, 0.25) is 0 Å². The van der Waals surface area contributed by atoms with E-state index in [9.17, 15) is 4.79 Å². The van der Waals surface area contributed by atoms with Crippen LogP contribution in [-0.2, 0) is 11.3 Å². The first kappa shape index (κ1) is 15.5. The number of piperidine rings is 1. The molecule has 1 aromatic carbocycles. The van der Waals surface area contributed by atoms with E-state index in [-0.39, 0.29) is 17.4 Å². The minimum Gasteiger partial charge on any atom is -0.468 e. The molecule has 2 aliphatic rings. The number of likely N-dealkylation sites (tertiary alicyclic amines) is 2. The number of rotatable bonds is 3. The maximum absolute atomic E-state index is 12.8. The van der Waals surface area contributed by atoms with Crippen LogP contribution in [-0.4, -0.2) is 41.4 Å². The molecule has 3 heterocycles. The first-order valence-corrected chi connectivity index (χ1v) is 8.75. The maximum Gasteiger partial charge on any atom is 0.230 e. The van der Waals surface area contributed by atoms with E-state index in [1.165, 1.54) is 0 Å². The van der Waals surface area contributed by atoms with Crippen molar-refractivity contribution in [3.05, 3.63) is 60.1 Å². The summed E-state index contributed by atoms with van der Waals surface area (Å²) < 4.78 is 5.46. The van der Waals surface area contributed by atoms with Gasteiger partial charge in [-0.3, -0.25) is 9.69 Å². The minimum atomic E-state index is 0.0211. The Morgan fingerprint density at radius 3 is 2.54 bits per heavy atom. The van der Waals surface area contributed by atoms with E-state index < -0.39 is 0 Å². The molecular weight excluding hydrogens is 300 g/mol. The highest BCUT2D eigenvalue weighted by Gasteiger charge is 2.50. The number of amides is 1. The number of carbonyl (C=O) groups is 1. The molecular formula is C20H24N2O2. The number of carbonyl (C=O) groups excluding carboxylic acids is 1. The lowest BCUT2D eigenvalue weighted by molar-refractivity contribution is -0.131. The van der Waals surface area contributed by atoms with Crippen molar-refractivity contribution < 1.29 is 9.21 Å². The predicted octanol–water partition coefficient (Wildman–Crippen LogP) is 3.26. The van der Waals surface area contributed by atoms with Gasteiger partial charge in [0.1, 0.15) is 5.76 Å². The summed E-state index contributed by atoms with van der Waals surface area (Å²) in [4.78, 5) is 17.3. The van der Waals surface area contributed by atoms with Crippen molar-refractivity contribution in [2.24, 2.45) is 0 Å². The van der Waals surface area contributed by atoms with Crippen molar-refractivity contribution in [3.8, 4) is 0 Å². The third-order valence-electron chi connectivity index (χ3n) is 5.87. The summed E-state index contributed by atoms with van der Waals surface area (Å²) in [6, 6.07) is 14.2. The molecule has 0 bridgehead atoms. The molecule has 2 fully saturated rings. The molecule has 0 N–H and O–H groups in total. The van der Waals surface area contributed by atoms with Crippen molar-refractivity contribution in [3.63, 3.8) is 0 Å². The monoisotopic (exact) mass is 324 g/mol. The SMILES string of the molecule is CN1C(=O)[C@H](c2ccccc2)CC12CCN(Cc1ccco1)CC2. The fraction of sp³-hybridized carbons (Fsp3) is 0.450. The molecule has 0 aliphatic carbocycles. The summed E-state index contributed by atoms with van der Waals surface area (Å²) in [6.45, 7) is 2.89. The average Bonchev–Trinajstić information content (AvgIpc) is 3.21. The highest BCUT2D eigenvalue weighted by Crippen LogP contribution is 2.44. The summed E-state index contributed by atoms with van der Waals surface area (Å²) in [6.07, 6.45) is 4.76. The molecule has 24 heavy (non-hydrogen) atoms. The van der Waals surface area contributed by atoms with Gasteiger partial charge in [0, 0.05) is 25.7 Å². The summed E-state index contributed by atoms with van der Waals surface area (Å²) in [5.74, 6) is 1.32. The maximum atomic E-state index is 12.8. The zero-order chi connectivity index (χ0) is 16.6. The van der Waals surface area contributed by atoms with E-state index in [4.69, 9.17) is 4.42 Å². The van der Waals surface area contributed by atoms with Gasteiger partial charge in [-0.1, -0.05) is 30.3 Å². The molecule has 2 saturated heterocycles. The van der Waals surface area contributed by atoms with Crippen molar-refractivity contribution in [1.29, 1.82) is 0 Å². The Hall–Kier alpha value is -2.07. The largest absolute Gasteiger partial charge is 0.468 e. The first-order valence-electron chi connectivity index (χ1n) is 8.75. The first-order chi connectivity index (χ1) is 11.7. The average molecular weight is 324 g/mol. The van der Waals surface area contributed by atoms with Gasteiger partial charge in [-0.15, -0.1) is 0 Å². The van der Waals surface area contributed by atoms with E-state index in [0.717, 1.165) is 50.2 Å². The van der Waals surface area contributed by atoms with Gasteiger partial charge in [0.25, 0.3) is 0 Å². The van der Waals surface area contributed by atoms with E-state index in [1.807, 2.05) is 42.3 Å².